The standard InChI is InChI=1S/C10H11N3/c1-2-9(8-12-13-11)10-6-4-3-5-7-10/h2-7H,8H2,1H3/b9-2-. The van der Waals surface area contributed by atoms with Crippen LogP contribution in [-0.4, -0.2) is 6.54 Å². The monoisotopic (exact) mass is 173 g/mol. The first kappa shape index (κ1) is 9.36. The summed E-state index contributed by atoms with van der Waals surface area (Å²) in [5.41, 5.74) is 10.4. The molecule has 0 atom stereocenters. The Bertz CT molecular complexity index is 334. The third kappa shape index (κ3) is 2.65. The van der Waals surface area contributed by atoms with Gasteiger partial charge in [0.1, 0.15) is 0 Å². The van der Waals surface area contributed by atoms with Crippen molar-refractivity contribution in [3.63, 3.8) is 0 Å². The van der Waals surface area contributed by atoms with Crippen molar-refractivity contribution in [2.24, 2.45) is 5.11 Å². The lowest BCUT2D eigenvalue weighted by Crippen LogP contribution is -1.86. The van der Waals surface area contributed by atoms with Crippen LogP contribution in [0.25, 0.3) is 16.0 Å². The summed E-state index contributed by atoms with van der Waals surface area (Å²) < 4.78 is 0. The van der Waals surface area contributed by atoms with E-state index in [0.29, 0.717) is 6.54 Å². The fourth-order valence-corrected chi connectivity index (χ4v) is 1.11. The molecule has 0 radical (unpaired) electrons. The topological polar surface area (TPSA) is 48.8 Å². The van der Waals surface area contributed by atoms with Crippen molar-refractivity contribution in [1.29, 1.82) is 0 Å². The van der Waals surface area contributed by atoms with Crippen LogP contribution in [0.5, 0.6) is 0 Å². The Kier molecular flexibility index (Phi) is 3.61. The van der Waals surface area contributed by atoms with Crippen LogP contribution in [0, 0.1) is 0 Å². The van der Waals surface area contributed by atoms with Gasteiger partial charge >= 0.3 is 0 Å². The van der Waals surface area contributed by atoms with Crippen LogP contribution in [0.3, 0.4) is 0 Å². The van der Waals surface area contributed by atoms with Crippen molar-refractivity contribution < 1.29 is 0 Å². The van der Waals surface area contributed by atoms with Gasteiger partial charge in [-0.25, -0.2) is 0 Å². The fourth-order valence-electron chi connectivity index (χ4n) is 1.11. The van der Waals surface area contributed by atoms with E-state index in [-0.39, 0.29) is 0 Å². The van der Waals surface area contributed by atoms with E-state index in [4.69, 9.17) is 5.53 Å². The third-order valence-corrected chi connectivity index (χ3v) is 1.80. The second kappa shape index (κ2) is 5.01. The van der Waals surface area contributed by atoms with Crippen LogP contribution in [0.4, 0.5) is 0 Å². The van der Waals surface area contributed by atoms with E-state index in [2.05, 4.69) is 10.0 Å². The van der Waals surface area contributed by atoms with E-state index >= 15 is 0 Å². The second-order valence-electron chi connectivity index (χ2n) is 2.57. The molecule has 0 fully saturated rings. The molecule has 0 N–H and O–H groups in total. The first-order valence-electron chi connectivity index (χ1n) is 4.10. The predicted molar refractivity (Wildman–Crippen MR) is 54.1 cm³/mol. The first-order valence-corrected chi connectivity index (χ1v) is 4.10. The van der Waals surface area contributed by atoms with Crippen molar-refractivity contribution in [3.8, 4) is 0 Å². The van der Waals surface area contributed by atoms with Gasteiger partial charge in [0, 0.05) is 4.91 Å². The highest BCUT2D eigenvalue weighted by Gasteiger charge is 1.96. The van der Waals surface area contributed by atoms with Crippen molar-refractivity contribution >= 4 is 5.57 Å². The minimum Gasteiger partial charge on any atom is -0.0893 e. The number of allylic oxidation sites excluding steroid dienone is 1. The highest BCUT2D eigenvalue weighted by molar-refractivity contribution is 5.66. The minimum absolute atomic E-state index is 0.414. The summed E-state index contributed by atoms with van der Waals surface area (Å²) in [5.74, 6) is 0. The first-order chi connectivity index (χ1) is 6.38. The number of benzene rings is 1. The molecule has 1 aromatic carbocycles. The smallest absolute Gasteiger partial charge is 0.0513 e. The largest absolute Gasteiger partial charge is 0.0893 e. The molecule has 0 bridgehead atoms. The molecule has 3 nitrogen and oxygen atoms in total. The van der Waals surface area contributed by atoms with Crippen molar-refractivity contribution in [2.45, 2.75) is 6.92 Å². The Morgan fingerprint density at radius 1 is 1.46 bits per heavy atom. The lowest BCUT2D eigenvalue weighted by molar-refractivity contribution is 1.22. The quantitative estimate of drug-likeness (QED) is 0.382. The average molecular weight is 173 g/mol. The molecule has 66 valence electrons. The third-order valence-electron chi connectivity index (χ3n) is 1.80. The summed E-state index contributed by atoms with van der Waals surface area (Å²) in [7, 11) is 0. The molecule has 3 heteroatoms. The van der Waals surface area contributed by atoms with Crippen molar-refractivity contribution in [3.05, 3.63) is 52.4 Å². The van der Waals surface area contributed by atoms with Gasteiger partial charge in [0.15, 0.2) is 0 Å². The van der Waals surface area contributed by atoms with E-state index in [1.807, 2.05) is 43.3 Å². The zero-order valence-electron chi connectivity index (χ0n) is 7.51. The lowest BCUT2D eigenvalue weighted by atomic mass is 10.1. The molecule has 0 aliphatic carbocycles. The lowest BCUT2D eigenvalue weighted by Gasteiger charge is -2.01. The number of hydrogen-bond acceptors (Lipinski definition) is 1. The number of azide groups is 1. The van der Waals surface area contributed by atoms with Gasteiger partial charge in [0.05, 0.1) is 6.54 Å². The molecule has 0 spiro atoms. The molecule has 0 aromatic heterocycles. The molecular formula is C10H11N3. The summed E-state index contributed by atoms with van der Waals surface area (Å²) in [5, 5.41) is 3.53. The molecule has 0 heterocycles. The summed E-state index contributed by atoms with van der Waals surface area (Å²) in [6.45, 7) is 2.35. The van der Waals surface area contributed by atoms with Crippen LogP contribution in [0.2, 0.25) is 0 Å². The molecule has 1 rings (SSSR count). The van der Waals surface area contributed by atoms with E-state index in [1.54, 1.807) is 0 Å². The summed E-state index contributed by atoms with van der Waals surface area (Å²) >= 11 is 0. The van der Waals surface area contributed by atoms with Gasteiger partial charge in [-0.2, -0.15) is 0 Å². The Morgan fingerprint density at radius 3 is 2.69 bits per heavy atom. The summed E-state index contributed by atoms with van der Waals surface area (Å²) in [6.07, 6.45) is 1.96. The average Bonchev–Trinajstić information content (AvgIpc) is 2.21. The van der Waals surface area contributed by atoms with Crippen LogP contribution >= 0.6 is 0 Å². The number of nitrogens with zero attached hydrogens (tertiary/aromatic N) is 3. The highest BCUT2D eigenvalue weighted by atomic mass is 15.1. The van der Waals surface area contributed by atoms with E-state index in [1.165, 1.54) is 0 Å². The van der Waals surface area contributed by atoms with E-state index in [9.17, 15) is 0 Å². The molecule has 0 aliphatic heterocycles. The van der Waals surface area contributed by atoms with Gasteiger partial charge in [-0.15, -0.1) is 0 Å². The molecule has 13 heavy (non-hydrogen) atoms. The molecule has 0 saturated heterocycles. The van der Waals surface area contributed by atoms with Crippen LogP contribution in [0.1, 0.15) is 12.5 Å². The van der Waals surface area contributed by atoms with E-state index in [0.717, 1.165) is 11.1 Å². The van der Waals surface area contributed by atoms with E-state index < -0.39 is 0 Å². The highest BCUT2D eigenvalue weighted by Crippen LogP contribution is 2.13. The number of hydrogen-bond donors (Lipinski definition) is 0. The zero-order valence-corrected chi connectivity index (χ0v) is 7.51. The van der Waals surface area contributed by atoms with Gasteiger partial charge < -0.3 is 0 Å². The maximum Gasteiger partial charge on any atom is 0.0513 e. The SMILES string of the molecule is C/C=C(/CN=[N+]=[N-])c1ccccc1. The van der Waals surface area contributed by atoms with Crippen LogP contribution in [-0.2, 0) is 0 Å². The van der Waals surface area contributed by atoms with Gasteiger partial charge in [0.2, 0.25) is 0 Å². The van der Waals surface area contributed by atoms with Gasteiger partial charge in [-0.3, -0.25) is 0 Å². The molecule has 0 saturated carbocycles. The Labute approximate surface area is 77.3 Å². The van der Waals surface area contributed by atoms with Crippen LogP contribution in [0.15, 0.2) is 41.5 Å². The minimum atomic E-state index is 0.414. The van der Waals surface area contributed by atoms with Gasteiger partial charge in [-0.1, -0.05) is 41.5 Å². The summed E-state index contributed by atoms with van der Waals surface area (Å²) in [4.78, 5) is 2.73. The molecule has 0 unspecified atom stereocenters. The Balaban J connectivity index is 2.86. The summed E-state index contributed by atoms with van der Waals surface area (Å²) in [6, 6.07) is 9.90. The molecule has 1 aromatic rings. The van der Waals surface area contributed by atoms with Gasteiger partial charge in [-0.05, 0) is 23.6 Å². The van der Waals surface area contributed by atoms with Gasteiger partial charge in [0.25, 0.3) is 0 Å². The van der Waals surface area contributed by atoms with Crippen LogP contribution < -0.4 is 0 Å². The fraction of sp³-hybridized carbons (Fsp3) is 0.200. The number of rotatable bonds is 3. The predicted octanol–water partition coefficient (Wildman–Crippen LogP) is 3.40. The zero-order chi connectivity index (χ0) is 9.52. The Hall–Kier alpha value is -1.73. The normalized spacial score (nSPS) is 10.7. The maximum absolute atomic E-state index is 8.19. The second-order valence-corrected chi connectivity index (χ2v) is 2.57. The molecule has 0 aliphatic rings. The van der Waals surface area contributed by atoms with Crippen molar-refractivity contribution in [2.75, 3.05) is 6.54 Å². The Morgan fingerprint density at radius 2 is 2.15 bits per heavy atom. The molecular weight excluding hydrogens is 162 g/mol. The maximum atomic E-state index is 8.19. The van der Waals surface area contributed by atoms with Crippen molar-refractivity contribution in [1.82, 2.24) is 0 Å². The molecule has 0 amide bonds.